The zero-order valence-electron chi connectivity index (χ0n) is 23.4. The number of ether oxygens (including phenoxy) is 1. The minimum Gasteiger partial charge on any atom is -0.508 e. The minimum atomic E-state index is -0.933. The summed E-state index contributed by atoms with van der Waals surface area (Å²) in [6.07, 6.45) is 8.84. The van der Waals surface area contributed by atoms with Crippen LogP contribution in [0.15, 0.2) is 30.5 Å². The predicted octanol–water partition coefficient (Wildman–Crippen LogP) is 4.73. The van der Waals surface area contributed by atoms with Gasteiger partial charge in [0.2, 0.25) is 0 Å². The summed E-state index contributed by atoms with van der Waals surface area (Å²) in [6, 6.07) is 5.33. The summed E-state index contributed by atoms with van der Waals surface area (Å²) in [5.41, 5.74) is -0.647. The lowest BCUT2D eigenvalue weighted by Gasteiger charge is -2.32. The van der Waals surface area contributed by atoms with Gasteiger partial charge in [0.05, 0.1) is 22.6 Å². The van der Waals surface area contributed by atoms with E-state index in [9.17, 15) is 19.0 Å². The third-order valence-electron chi connectivity index (χ3n) is 9.09. The smallest absolute Gasteiger partial charge is 0.319 e. The molecule has 43 heavy (non-hydrogen) atoms. The highest BCUT2D eigenvalue weighted by Gasteiger charge is 2.49. The normalized spacial score (nSPS) is 22.8. The standard InChI is InChI=1S/C32H30F3N5O3/c1-2-22-25(34)5-4-18-12-21(42)13-23(26(18)22)28-27(35)29-24(15-36-28)30(39-10-6-20(41)7-11-39)38-31(37-29)43-17-32-8-3-9-40(32)16-19(33)14-32/h1,4-5,12-13,15,19-20,41-42H,3,6-11,14,16-17H2/t19-,32+/m1/s1. The maximum absolute atomic E-state index is 16.6. The summed E-state index contributed by atoms with van der Waals surface area (Å²) in [5, 5.41) is 21.5. The molecule has 2 aromatic heterocycles. The van der Waals surface area contributed by atoms with Crippen molar-refractivity contribution < 1.29 is 28.1 Å². The summed E-state index contributed by atoms with van der Waals surface area (Å²) in [7, 11) is 0. The van der Waals surface area contributed by atoms with Crippen LogP contribution in [-0.4, -0.2) is 80.7 Å². The van der Waals surface area contributed by atoms with E-state index in [1.807, 2.05) is 4.90 Å². The van der Waals surface area contributed by atoms with Crippen LogP contribution in [0.1, 0.15) is 37.7 Å². The average Bonchev–Trinajstić information content (AvgIpc) is 3.52. The van der Waals surface area contributed by atoms with Crippen LogP contribution >= 0.6 is 0 Å². The van der Waals surface area contributed by atoms with Crippen molar-refractivity contribution in [3.8, 4) is 35.4 Å². The molecule has 0 radical (unpaired) electrons. The molecule has 0 bridgehead atoms. The third kappa shape index (κ3) is 4.69. The number of alkyl halides is 1. The number of anilines is 1. The lowest BCUT2D eigenvalue weighted by Crippen LogP contribution is -2.43. The summed E-state index contributed by atoms with van der Waals surface area (Å²) in [4.78, 5) is 17.6. The maximum Gasteiger partial charge on any atom is 0.319 e. The second-order valence-corrected chi connectivity index (χ2v) is 11.8. The number of terminal acetylenes is 1. The Bertz CT molecular complexity index is 1790. The summed E-state index contributed by atoms with van der Waals surface area (Å²) in [5.74, 6) is 1.12. The molecule has 0 unspecified atom stereocenters. The molecule has 0 saturated carbocycles. The van der Waals surface area contributed by atoms with Crippen LogP contribution in [0.5, 0.6) is 11.8 Å². The number of phenols is 1. The van der Waals surface area contributed by atoms with Gasteiger partial charge in [0.15, 0.2) is 5.82 Å². The number of aliphatic hydroxyl groups excluding tert-OH is 1. The molecule has 5 heterocycles. The second-order valence-electron chi connectivity index (χ2n) is 11.8. The van der Waals surface area contributed by atoms with E-state index in [0.717, 1.165) is 19.4 Å². The number of piperidine rings is 1. The van der Waals surface area contributed by atoms with Gasteiger partial charge in [-0.25, -0.2) is 13.2 Å². The van der Waals surface area contributed by atoms with E-state index in [-0.39, 0.29) is 46.1 Å². The highest BCUT2D eigenvalue weighted by atomic mass is 19.1. The van der Waals surface area contributed by atoms with Gasteiger partial charge in [-0.2, -0.15) is 9.97 Å². The lowest BCUT2D eigenvalue weighted by atomic mass is 9.95. The van der Waals surface area contributed by atoms with Gasteiger partial charge in [-0.1, -0.05) is 12.0 Å². The fourth-order valence-corrected chi connectivity index (χ4v) is 6.99. The Morgan fingerprint density at radius 2 is 1.95 bits per heavy atom. The van der Waals surface area contributed by atoms with E-state index >= 15 is 4.39 Å². The molecule has 7 rings (SSSR count). The van der Waals surface area contributed by atoms with E-state index in [0.29, 0.717) is 55.5 Å². The fourth-order valence-electron chi connectivity index (χ4n) is 6.99. The topological polar surface area (TPSA) is 94.8 Å². The molecule has 11 heteroatoms. The summed E-state index contributed by atoms with van der Waals surface area (Å²) < 4.78 is 51.8. The molecule has 0 aliphatic carbocycles. The van der Waals surface area contributed by atoms with Crippen molar-refractivity contribution in [1.29, 1.82) is 0 Å². The number of aromatic nitrogens is 3. The van der Waals surface area contributed by atoms with Crippen LogP contribution < -0.4 is 9.64 Å². The van der Waals surface area contributed by atoms with Gasteiger partial charge < -0.3 is 19.8 Å². The Hall–Kier alpha value is -4.14. The molecule has 2 aromatic carbocycles. The molecule has 2 atom stereocenters. The summed E-state index contributed by atoms with van der Waals surface area (Å²) >= 11 is 0. The van der Waals surface area contributed by atoms with E-state index < -0.39 is 29.4 Å². The number of pyridine rings is 1. The first-order chi connectivity index (χ1) is 20.8. The van der Waals surface area contributed by atoms with Gasteiger partial charge in [-0.3, -0.25) is 9.88 Å². The van der Waals surface area contributed by atoms with Gasteiger partial charge in [-0.15, -0.1) is 6.42 Å². The number of benzene rings is 2. The highest BCUT2D eigenvalue weighted by Crippen LogP contribution is 2.42. The van der Waals surface area contributed by atoms with Crippen LogP contribution in [0.3, 0.4) is 0 Å². The molecule has 3 saturated heterocycles. The van der Waals surface area contributed by atoms with Crippen molar-refractivity contribution in [3.63, 3.8) is 0 Å². The molecule has 0 spiro atoms. The molecular formula is C32H30F3N5O3. The van der Waals surface area contributed by atoms with Crippen molar-refractivity contribution in [2.75, 3.05) is 37.7 Å². The Labute approximate surface area is 246 Å². The largest absolute Gasteiger partial charge is 0.508 e. The van der Waals surface area contributed by atoms with Crippen molar-refractivity contribution in [2.45, 2.75) is 49.9 Å². The van der Waals surface area contributed by atoms with Crippen LogP contribution in [-0.2, 0) is 0 Å². The third-order valence-corrected chi connectivity index (χ3v) is 9.09. The number of phenolic OH excluding ortho intramolecular Hbond substituents is 1. The van der Waals surface area contributed by atoms with Gasteiger partial charge in [0, 0.05) is 43.2 Å². The minimum absolute atomic E-state index is 0.0515. The Morgan fingerprint density at radius 3 is 2.74 bits per heavy atom. The Morgan fingerprint density at radius 1 is 1.14 bits per heavy atom. The maximum atomic E-state index is 16.6. The predicted molar refractivity (Wildman–Crippen MR) is 156 cm³/mol. The van der Waals surface area contributed by atoms with E-state index in [1.54, 1.807) is 0 Å². The highest BCUT2D eigenvalue weighted by molar-refractivity contribution is 6.03. The first-order valence-corrected chi connectivity index (χ1v) is 14.5. The summed E-state index contributed by atoms with van der Waals surface area (Å²) in [6.45, 7) is 2.30. The van der Waals surface area contributed by atoms with Crippen molar-refractivity contribution >= 4 is 27.5 Å². The molecular weight excluding hydrogens is 559 g/mol. The molecule has 3 aliphatic rings. The zero-order chi connectivity index (χ0) is 29.9. The first kappa shape index (κ1) is 27.7. The number of halogens is 3. The van der Waals surface area contributed by atoms with Gasteiger partial charge in [-0.05, 0) is 55.8 Å². The van der Waals surface area contributed by atoms with Crippen LogP contribution in [0, 0.1) is 24.0 Å². The van der Waals surface area contributed by atoms with E-state index in [4.69, 9.17) is 11.2 Å². The number of aromatic hydroxyl groups is 1. The fraction of sp³-hybridized carbons (Fsp3) is 0.406. The number of rotatable bonds is 5. The molecule has 3 fully saturated rings. The van der Waals surface area contributed by atoms with Gasteiger partial charge in [0.25, 0.3) is 0 Å². The molecule has 2 N–H and O–H groups in total. The molecule has 4 aromatic rings. The number of fused-ring (bicyclic) bond motifs is 3. The number of hydrogen-bond acceptors (Lipinski definition) is 8. The average molecular weight is 590 g/mol. The Kier molecular flexibility index (Phi) is 6.78. The number of hydrogen-bond donors (Lipinski definition) is 2. The van der Waals surface area contributed by atoms with Crippen molar-refractivity contribution in [3.05, 3.63) is 47.7 Å². The second kappa shape index (κ2) is 10.5. The van der Waals surface area contributed by atoms with E-state index in [2.05, 4.69) is 25.8 Å². The van der Waals surface area contributed by atoms with E-state index in [1.165, 1.54) is 30.5 Å². The monoisotopic (exact) mass is 589 g/mol. The van der Waals surface area contributed by atoms with Gasteiger partial charge in [0.1, 0.15) is 41.4 Å². The van der Waals surface area contributed by atoms with Crippen LogP contribution in [0.25, 0.3) is 32.9 Å². The first-order valence-electron chi connectivity index (χ1n) is 14.5. The molecule has 222 valence electrons. The molecule has 3 aliphatic heterocycles. The molecule has 0 amide bonds. The van der Waals surface area contributed by atoms with Crippen LogP contribution in [0.4, 0.5) is 19.0 Å². The quantitative estimate of drug-likeness (QED) is 0.323. The number of aliphatic hydroxyl groups is 1. The van der Waals surface area contributed by atoms with Crippen LogP contribution in [0.2, 0.25) is 0 Å². The number of nitrogens with zero attached hydrogens (tertiary/aromatic N) is 5. The molecule has 8 nitrogen and oxygen atoms in total. The van der Waals surface area contributed by atoms with Crippen molar-refractivity contribution in [1.82, 2.24) is 19.9 Å². The Balaban J connectivity index is 1.37. The van der Waals surface area contributed by atoms with Gasteiger partial charge >= 0.3 is 6.01 Å². The van der Waals surface area contributed by atoms with Crippen molar-refractivity contribution in [2.24, 2.45) is 0 Å². The SMILES string of the molecule is C#Cc1c(F)ccc2cc(O)cc(-c3ncc4c(N5CCC(O)CC5)nc(OC[C@@]56CCCN5C[C@H](F)C6)nc4c3F)c12. The lowest BCUT2D eigenvalue weighted by molar-refractivity contribution is 0.107. The zero-order valence-corrected chi connectivity index (χ0v) is 23.4.